The van der Waals surface area contributed by atoms with Crippen LogP contribution in [0.2, 0.25) is 5.02 Å². The summed E-state index contributed by atoms with van der Waals surface area (Å²) in [5.74, 6) is 0.381. The van der Waals surface area contributed by atoms with Crippen LogP contribution in [0.3, 0.4) is 0 Å². The zero-order chi connectivity index (χ0) is 25.7. The highest BCUT2D eigenvalue weighted by Gasteiger charge is 2.15. The maximum Gasteiger partial charge on any atom is 0.307 e. The Balaban J connectivity index is 1.47. The van der Waals surface area contributed by atoms with Crippen LogP contribution in [0.25, 0.3) is 11.0 Å². The molecule has 0 aliphatic rings. The van der Waals surface area contributed by atoms with Crippen LogP contribution >= 0.6 is 27.5 Å². The number of hydrogen-bond donors (Lipinski definition) is 1. The maximum atomic E-state index is 12.5. The van der Waals surface area contributed by atoms with Crippen LogP contribution in [0.1, 0.15) is 28.6 Å². The lowest BCUT2D eigenvalue weighted by atomic mass is 10.2. The van der Waals surface area contributed by atoms with Crippen LogP contribution in [0, 0.1) is 10.1 Å². The minimum atomic E-state index is -0.606. The summed E-state index contributed by atoms with van der Waals surface area (Å²) >= 11 is 9.70. The van der Waals surface area contributed by atoms with Crippen molar-refractivity contribution in [2.75, 3.05) is 6.61 Å². The highest BCUT2D eigenvalue weighted by molar-refractivity contribution is 9.10. The first-order valence-corrected chi connectivity index (χ1v) is 11.9. The quantitative estimate of drug-likeness (QED) is 0.139. The fraction of sp³-hybridized carbons (Fsp3) is 0.120. The van der Waals surface area contributed by atoms with E-state index < -0.39 is 10.8 Å². The minimum absolute atomic E-state index is 0.0277. The first kappa shape index (κ1) is 25.2. The number of nitro benzene ring substituents is 1. The molecule has 0 bridgehead atoms. The topological polar surface area (TPSA) is 116 Å². The van der Waals surface area contributed by atoms with Gasteiger partial charge in [0.1, 0.15) is 12.2 Å². The second kappa shape index (κ2) is 11.2. The monoisotopic (exact) mass is 571 g/mol. The van der Waals surface area contributed by atoms with Gasteiger partial charge in [0.15, 0.2) is 17.3 Å². The molecule has 0 atom stereocenters. The normalized spacial score (nSPS) is 11.1. The van der Waals surface area contributed by atoms with Crippen molar-refractivity contribution in [3.63, 3.8) is 0 Å². The summed E-state index contributed by atoms with van der Waals surface area (Å²) in [5, 5.41) is 16.0. The number of halogens is 2. The number of furan rings is 1. The molecule has 0 spiro atoms. The van der Waals surface area contributed by atoms with Gasteiger partial charge in [-0.05, 0) is 53.2 Å². The molecule has 36 heavy (non-hydrogen) atoms. The fourth-order valence-electron chi connectivity index (χ4n) is 3.27. The molecule has 0 unspecified atom stereocenters. The zero-order valence-electron chi connectivity index (χ0n) is 18.9. The molecule has 1 heterocycles. The predicted molar refractivity (Wildman–Crippen MR) is 139 cm³/mol. The van der Waals surface area contributed by atoms with E-state index in [2.05, 4.69) is 26.5 Å². The molecule has 0 saturated carbocycles. The smallest absolute Gasteiger partial charge is 0.307 e. The van der Waals surface area contributed by atoms with Crippen molar-refractivity contribution < 1.29 is 23.6 Å². The van der Waals surface area contributed by atoms with Crippen molar-refractivity contribution >= 4 is 56.3 Å². The van der Waals surface area contributed by atoms with Gasteiger partial charge >= 0.3 is 5.91 Å². The van der Waals surface area contributed by atoms with Gasteiger partial charge in [0.2, 0.25) is 0 Å². The molecule has 9 nitrogen and oxygen atoms in total. The Morgan fingerprint density at radius 1 is 1.17 bits per heavy atom. The molecule has 0 aliphatic heterocycles. The number of fused-ring (bicyclic) bond motifs is 1. The van der Waals surface area contributed by atoms with E-state index in [0.29, 0.717) is 44.1 Å². The Kier molecular flexibility index (Phi) is 7.87. The standard InChI is InChI=1S/C25H19BrClN3O6/c1-2-34-22-11-17(19(26)12-23(22)35-14-15-5-3-4-6-20(15)27)13-28-29-25(31)24-10-16-9-18(30(32)33)7-8-21(16)36-24/h3-13H,2,14H2,1H3,(H,29,31)/b28-13+. The lowest BCUT2D eigenvalue weighted by Gasteiger charge is -2.14. The number of nitro groups is 1. The summed E-state index contributed by atoms with van der Waals surface area (Å²) in [6, 6.07) is 16.4. The molecule has 0 saturated heterocycles. The predicted octanol–water partition coefficient (Wildman–Crippen LogP) is 6.50. The lowest BCUT2D eigenvalue weighted by Crippen LogP contribution is -2.16. The first-order chi connectivity index (χ1) is 17.4. The molecule has 0 aliphatic carbocycles. The van der Waals surface area contributed by atoms with Gasteiger partial charge < -0.3 is 13.9 Å². The summed E-state index contributed by atoms with van der Waals surface area (Å²) in [7, 11) is 0. The molecule has 184 valence electrons. The summed E-state index contributed by atoms with van der Waals surface area (Å²) in [6.45, 7) is 2.54. The number of carbonyl (C=O) groups excluding carboxylic acids is 1. The zero-order valence-corrected chi connectivity index (χ0v) is 21.2. The summed E-state index contributed by atoms with van der Waals surface area (Å²) in [5.41, 5.74) is 4.11. The Morgan fingerprint density at radius 2 is 1.94 bits per heavy atom. The van der Waals surface area contributed by atoms with Gasteiger partial charge in [-0.1, -0.05) is 29.8 Å². The van der Waals surface area contributed by atoms with Crippen molar-refractivity contribution in [2.45, 2.75) is 13.5 Å². The highest BCUT2D eigenvalue weighted by atomic mass is 79.9. The van der Waals surface area contributed by atoms with Gasteiger partial charge in [0, 0.05) is 38.1 Å². The number of nitrogens with zero attached hydrogens (tertiary/aromatic N) is 2. The number of amides is 1. The lowest BCUT2D eigenvalue weighted by molar-refractivity contribution is -0.384. The van der Waals surface area contributed by atoms with E-state index in [0.717, 1.165) is 5.56 Å². The Bertz CT molecular complexity index is 1470. The fourth-order valence-corrected chi connectivity index (χ4v) is 3.89. The molecular formula is C25H19BrClN3O6. The minimum Gasteiger partial charge on any atom is -0.490 e. The van der Waals surface area contributed by atoms with Crippen LogP contribution in [0.4, 0.5) is 5.69 Å². The number of ether oxygens (including phenoxy) is 2. The van der Waals surface area contributed by atoms with E-state index >= 15 is 0 Å². The first-order valence-electron chi connectivity index (χ1n) is 10.7. The third kappa shape index (κ3) is 5.84. The SMILES string of the molecule is CCOc1cc(/C=N/NC(=O)c2cc3cc([N+](=O)[O-])ccc3o2)c(Br)cc1OCc1ccccc1Cl. The molecule has 1 N–H and O–H groups in total. The highest BCUT2D eigenvalue weighted by Crippen LogP contribution is 2.34. The number of nitrogens with one attached hydrogen (secondary N) is 1. The van der Waals surface area contributed by atoms with E-state index in [-0.39, 0.29) is 18.1 Å². The van der Waals surface area contributed by atoms with E-state index in [1.807, 2.05) is 25.1 Å². The molecule has 3 aromatic carbocycles. The number of rotatable bonds is 9. The van der Waals surface area contributed by atoms with Gasteiger partial charge in [0.25, 0.3) is 5.69 Å². The van der Waals surface area contributed by atoms with Gasteiger partial charge in [-0.25, -0.2) is 5.43 Å². The largest absolute Gasteiger partial charge is 0.490 e. The van der Waals surface area contributed by atoms with Crippen molar-refractivity contribution in [3.05, 3.63) is 97.2 Å². The number of non-ortho nitro benzene ring substituents is 1. The molecular weight excluding hydrogens is 554 g/mol. The molecule has 4 aromatic rings. The molecule has 1 amide bonds. The summed E-state index contributed by atoms with van der Waals surface area (Å²) in [4.78, 5) is 22.9. The second-order valence-corrected chi connectivity index (χ2v) is 8.68. The number of benzene rings is 3. The third-order valence-corrected chi connectivity index (χ3v) is 6.06. The van der Waals surface area contributed by atoms with Gasteiger partial charge in [-0.3, -0.25) is 14.9 Å². The van der Waals surface area contributed by atoms with Crippen molar-refractivity contribution in [3.8, 4) is 11.5 Å². The molecule has 4 rings (SSSR count). The van der Waals surface area contributed by atoms with Crippen molar-refractivity contribution in [1.29, 1.82) is 0 Å². The van der Waals surface area contributed by atoms with E-state index in [4.69, 9.17) is 25.5 Å². The number of carbonyl (C=O) groups is 1. The summed E-state index contributed by atoms with van der Waals surface area (Å²) < 4.78 is 17.8. The van der Waals surface area contributed by atoms with Crippen molar-refractivity contribution in [1.82, 2.24) is 5.43 Å². The number of hydrazone groups is 1. The molecule has 0 radical (unpaired) electrons. The Labute approximate surface area is 218 Å². The van der Waals surface area contributed by atoms with Crippen LogP contribution in [-0.4, -0.2) is 23.7 Å². The van der Waals surface area contributed by atoms with Crippen LogP contribution < -0.4 is 14.9 Å². The van der Waals surface area contributed by atoms with Crippen LogP contribution in [0.15, 0.2) is 74.7 Å². The Morgan fingerprint density at radius 3 is 2.69 bits per heavy atom. The van der Waals surface area contributed by atoms with Crippen LogP contribution in [-0.2, 0) is 6.61 Å². The number of hydrogen-bond acceptors (Lipinski definition) is 7. The van der Waals surface area contributed by atoms with Gasteiger partial charge in [-0.2, -0.15) is 5.10 Å². The van der Waals surface area contributed by atoms with Gasteiger partial charge in [-0.15, -0.1) is 0 Å². The Hall–Kier alpha value is -3.89. The van der Waals surface area contributed by atoms with E-state index in [1.54, 1.807) is 18.2 Å². The molecule has 0 fully saturated rings. The van der Waals surface area contributed by atoms with Crippen LogP contribution in [0.5, 0.6) is 11.5 Å². The third-order valence-electron chi connectivity index (χ3n) is 5.01. The summed E-state index contributed by atoms with van der Waals surface area (Å²) in [6.07, 6.45) is 1.44. The maximum absolute atomic E-state index is 12.5. The van der Waals surface area contributed by atoms with E-state index in [1.165, 1.54) is 30.5 Å². The van der Waals surface area contributed by atoms with Gasteiger partial charge in [0.05, 0.1) is 17.7 Å². The molecule has 11 heteroatoms. The molecule has 1 aromatic heterocycles. The van der Waals surface area contributed by atoms with E-state index in [9.17, 15) is 14.9 Å². The average Bonchev–Trinajstić information content (AvgIpc) is 3.29. The second-order valence-electron chi connectivity index (χ2n) is 7.42. The average molecular weight is 573 g/mol. The van der Waals surface area contributed by atoms with Crippen molar-refractivity contribution in [2.24, 2.45) is 5.10 Å².